The van der Waals surface area contributed by atoms with E-state index in [0.717, 1.165) is 23.4 Å². The van der Waals surface area contributed by atoms with Gasteiger partial charge in [-0.2, -0.15) is 0 Å². The minimum Gasteiger partial charge on any atom is -0.353 e. The Bertz CT molecular complexity index is 635. The van der Waals surface area contributed by atoms with Crippen molar-refractivity contribution in [3.63, 3.8) is 0 Å². The first-order valence-corrected chi connectivity index (χ1v) is 7.47. The lowest BCUT2D eigenvalue weighted by molar-refractivity contribution is -0.116. The molecule has 0 unspecified atom stereocenters. The Labute approximate surface area is 134 Å². The van der Waals surface area contributed by atoms with E-state index in [-0.39, 0.29) is 11.7 Å². The minimum atomic E-state index is -0.288. The maximum absolute atomic E-state index is 12.7. The highest BCUT2D eigenvalue weighted by molar-refractivity contribution is 6.30. The van der Waals surface area contributed by atoms with E-state index in [1.165, 1.54) is 23.8 Å². The molecule has 1 N–H and O–H groups in total. The summed E-state index contributed by atoms with van der Waals surface area (Å²) in [6.07, 6.45) is 4.86. The highest BCUT2D eigenvalue weighted by Crippen LogP contribution is 2.10. The average Bonchev–Trinajstić information content (AvgIpc) is 2.53. The third-order valence-electron chi connectivity index (χ3n) is 3.15. The first-order valence-electron chi connectivity index (χ1n) is 7.09. The summed E-state index contributed by atoms with van der Waals surface area (Å²) in [6, 6.07) is 13.7. The number of rotatable bonds is 6. The second-order valence-corrected chi connectivity index (χ2v) is 5.34. The van der Waals surface area contributed by atoms with Gasteiger partial charge in [0.2, 0.25) is 5.91 Å². The fourth-order valence-electron chi connectivity index (χ4n) is 1.96. The molecule has 0 aliphatic rings. The van der Waals surface area contributed by atoms with Crippen molar-refractivity contribution in [2.75, 3.05) is 6.54 Å². The van der Waals surface area contributed by atoms with Gasteiger partial charge < -0.3 is 5.32 Å². The zero-order chi connectivity index (χ0) is 15.8. The molecule has 22 heavy (non-hydrogen) atoms. The van der Waals surface area contributed by atoms with Gasteiger partial charge in [0.15, 0.2) is 0 Å². The first-order chi connectivity index (χ1) is 10.6. The van der Waals surface area contributed by atoms with Crippen molar-refractivity contribution in [1.82, 2.24) is 5.32 Å². The van der Waals surface area contributed by atoms with E-state index in [1.807, 2.05) is 24.3 Å². The second-order valence-electron chi connectivity index (χ2n) is 4.91. The summed E-state index contributed by atoms with van der Waals surface area (Å²) < 4.78 is 12.7. The van der Waals surface area contributed by atoms with Crippen LogP contribution in [0.1, 0.15) is 17.5 Å². The lowest BCUT2D eigenvalue weighted by Gasteiger charge is -2.03. The molecule has 0 saturated heterocycles. The topological polar surface area (TPSA) is 29.1 Å². The number of carbonyl (C=O) groups excluding carboxylic acids is 1. The number of amides is 1. The maximum Gasteiger partial charge on any atom is 0.243 e. The Hall–Kier alpha value is -2.13. The molecule has 0 radical (unpaired) electrons. The molecule has 0 saturated carbocycles. The summed E-state index contributed by atoms with van der Waals surface area (Å²) in [6.45, 7) is 0.606. The van der Waals surface area contributed by atoms with Gasteiger partial charge in [0, 0.05) is 17.6 Å². The smallest absolute Gasteiger partial charge is 0.243 e. The fraction of sp³-hybridized carbons (Fsp3) is 0.167. The predicted molar refractivity (Wildman–Crippen MR) is 88.2 cm³/mol. The third-order valence-corrected chi connectivity index (χ3v) is 3.40. The normalized spacial score (nSPS) is 10.8. The first kappa shape index (κ1) is 16.2. The Kier molecular flexibility index (Phi) is 6.16. The predicted octanol–water partition coefficient (Wildman–Crippen LogP) is 4.24. The van der Waals surface area contributed by atoms with Crippen LogP contribution in [-0.4, -0.2) is 12.5 Å². The summed E-state index contributed by atoms with van der Waals surface area (Å²) in [5, 5.41) is 3.55. The maximum atomic E-state index is 12.7. The lowest BCUT2D eigenvalue weighted by Crippen LogP contribution is -2.22. The van der Waals surface area contributed by atoms with Gasteiger partial charge in [-0.1, -0.05) is 35.9 Å². The molecule has 1 amide bonds. The monoisotopic (exact) mass is 317 g/mol. The van der Waals surface area contributed by atoms with Gasteiger partial charge in [-0.05, 0) is 54.3 Å². The second kappa shape index (κ2) is 8.35. The molecule has 2 aromatic carbocycles. The van der Waals surface area contributed by atoms with Crippen molar-refractivity contribution in [3.05, 3.63) is 76.6 Å². The van der Waals surface area contributed by atoms with Crippen molar-refractivity contribution in [2.45, 2.75) is 12.8 Å². The van der Waals surface area contributed by atoms with Crippen LogP contribution < -0.4 is 5.32 Å². The van der Waals surface area contributed by atoms with E-state index in [4.69, 9.17) is 11.6 Å². The van der Waals surface area contributed by atoms with Gasteiger partial charge in [0.05, 0.1) is 0 Å². The summed E-state index contributed by atoms with van der Waals surface area (Å²) in [4.78, 5) is 11.6. The molecule has 0 heterocycles. The fourth-order valence-corrected chi connectivity index (χ4v) is 2.09. The van der Waals surface area contributed by atoms with Crippen LogP contribution in [0.25, 0.3) is 6.08 Å². The Morgan fingerprint density at radius 1 is 1.09 bits per heavy atom. The Balaban J connectivity index is 1.69. The average molecular weight is 318 g/mol. The zero-order valence-corrected chi connectivity index (χ0v) is 12.8. The van der Waals surface area contributed by atoms with Crippen molar-refractivity contribution < 1.29 is 9.18 Å². The SMILES string of the molecule is O=C(/C=C/c1ccc(F)cc1)NCCCc1ccc(Cl)cc1. The Morgan fingerprint density at radius 3 is 2.45 bits per heavy atom. The van der Waals surface area contributed by atoms with Crippen LogP contribution in [0.2, 0.25) is 5.02 Å². The molecule has 4 heteroatoms. The molecule has 0 aromatic heterocycles. The molecule has 114 valence electrons. The molecule has 0 fully saturated rings. The van der Waals surface area contributed by atoms with Crippen LogP contribution in [0, 0.1) is 5.82 Å². The number of halogens is 2. The molecule has 2 aromatic rings. The summed E-state index contributed by atoms with van der Waals surface area (Å²) in [5.41, 5.74) is 1.98. The highest BCUT2D eigenvalue weighted by Gasteiger charge is 1.97. The standard InChI is InChI=1S/C18H17ClFNO/c19-16-8-3-14(4-9-16)2-1-13-21-18(22)12-7-15-5-10-17(20)11-6-15/h3-12H,1-2,13H2,(H,21,22)/b12-7+. The number of benzene rings is 2. The van der Waals surface area contributed by atoms with E-state index < -0.39 is 0 Å². The van der Waals surface area contributed by atoms with Gasteiger partial charge in [0.1, 0.15) is 5.82 Å². The van der Waals surface area contributed by atoms with Crippen LogP contribution in [0.15, 0.2) is 54.6 Å². The van der Waals surface area contributed by atoms with Crippen LogP contribution in [0.5, 0.6) is 0 Å². The molecule has 0 atom stereocenters. The van der Waals surface area contributed by atoms with E-state index in [0.29, 0.717) is 6.54 Å². The van der Waals surface area contributed by atoms with Gasteiger partial charge >= 0.3 is 0 Å². The minimum absolute atomic E-state index is 0.152. The molecule has 2 rings (SSSR count). The van der Waals surface area contributed by atoms with Crippen molar-refractivity contribution in [1.29, 1.82) is 0 Å². The van der Waals surface area contributed by atoms with Crippen LogP contribution in [-0.2, 0) is 11.2 Å². The molecular weight excluding hydrogens is 301 g/mol. The zero-order valence-electron chi connectivity index (χ0n) is 12.1. The number of hydrogen-bond donors (Lipinski definition) is 1. The van der Waals surface area contributed by atoms with E-state index in [1.54, 1.807) is 18.2 Å². The molecular formula is C18H17ClFNO. The van der Waals surface area contributed by atoms with Crippen LogP contribution in [0.3, 0.4) is 0 Å². The van der Waals surface area contributed by atoms with Crippen molar-refractivity contribution >= 4 is 23.6 Å². The van der Waals surface area contributed by atoms with E-state index in [2.05, 4.69) is 5.32 Å². The van der Waals surface area contributed by atoms with Gasteiger partial charge in [0.25, 0.3) is 0 Å². The summed E-state index contributed by atoms with van der Waals surface area (Å²) in [5.74, 6) is -0.441. The van der Waals surface area contributed by atoms with Gasteiger partial charge in [-0.3, -0.25) is 4.79 Å². The van der Waals surface area contributed by atoms with Crippen LogP contribution in [0.4, 0.5) is 4.39 Å². The largest absolute Gasteiger partial charge is 0.353 e. The Morgan fingerprint density at radius 2 is 1.77 bits per heavy atom. The number of carbonyl (C=O) groups is 1. The van der Waals surface area contributed by atoms with Crippen molar-refractivity contribution in [2.24, 2.45) is 0 Å². The molecule has 0 bridgehead atoms. The molecule has 0 aliphatic heterocycles. The molecule has 0 spiro atoms. The highest BCUT2D eigenvalue weighted by atomic mass is 35.5. The number of hydrogen-bond acceptors (Lipinski definition) is 1. The third kappa shape index (κ3) is 5.70. The summed E-state index contributed by atoms with van der Waals surface area (Å²) >= 11 is 5.82. The van der Waals surface area contributed by atoms with Crippen molar-refractivity contribution in [3.8, 4) is 0 Å². The van der Waals surface area contributed by atoms with E-state index >= 15 is 0 Å². The molecule has 0 aliphatic carbocycles. The summed E-state index contributed by atoms with van der Waals surface area (Å²) in [7, 11) is 0. The van der Waals surface area contributed by atoms with Gasteiger partial charge in [-0.15, -0.1) is 0 Å². The quantitative estimate of drug-likeness (QED) is 0.626. The lowest BCUT2D eigenvalue weighted by atomic mass is 10.1. The van der Waals surface area contributed by atoms with Crippen LogP contribution >= 0.6 is 11.6 Å². The number of aryl methyl sites for hydroxylation is 1. The number of nitrogens with one attached hydrogen (secondary N) is 1. The molecule has 2 nitrogen and oxygen atoms in total. The van der Waals surface area contributed by atoms with Gasteiger partial charge in [-0.25, -0.2) is 4.39 Å². The van der Waals surface area contributed by atoms with E-state index in [9.17, 15) is 9.18 Å².